The van der Waals surface area contributed by atoms with Crippen LogP contribution >= 0.6 is 34.8 Å². The van der Waals surface area contributed by atoms with Crippen LogP contribution in [0.4, 0.5) is 17.1 Å². The predicted octanol–water partition coefficient (Wildman–Crippen LogP) is 5.47. The Morgan fingerprint density at radius 1 is 0.861 bits per heavy atom. The quantitative estimate of drug-likeness (QED) is 0.338. The largest absolute Gasteiger partial charge is 0.325 e. The summed E-state index contributed by atoms with van der Waals surface area (Å²) in [5.41, 5.74) is 2.39. The number of carbonyl (C=O) groups is 1. The molecule has 192 valence electrons. The first-order chi connectivity index (χ1) is 16.7. The van der Waals surface area contributed by atoms with E-state index in [-0.39, 0.29) is 31.3 Å². The van der Waals surface area contributed by atoms with E-state index >= 15 is 0 Å². The molecule has 3 rings (SSSR count). The molecule has 0 saturated carbocycles. The summed E-state index contributed by atoms with van der Waals surface area (Å²) in [6, 6.07) is 13.4. The highest BCUT2D eigenvalue weighted by atomic mass is 35.5. The highest BCUT2D eigenvalue weighted by Crippen LogP contribution is 2.35. The van der Waals surface area contributed by atoms with Gasteiger partial charge in [-0.05, 0) is 67.4 Å². The van der Waals surface area contributed by atoms with E-state index in [1.165, 1.54) is 36.4 Å². The van der Waals surface area contributed by atoms with Gasteiger partial charge in [-0.3, -0.25) is 13.8 Å². The minimum Gasteiger partial charge on any atom is -0.325 e. The van der Waals surface area contributed by atoms with Crippen molar-refractivity contribution in [2.45, 2.75) is 18.7 Å². The van der Waals surface area contributed by atoms with Gasteiger partial charge in [-0.15, -0.1) is 0 Å². The van der Waals surface area contributed by atoms with Crippen LogP contribution in [-0.4, -0.2) is 35.5 Å². The highest BCUT2D eigenvalue weighted by Gasteiger charge is 2.24. The second kappa shape index (κ2) is 10.9. The summed E-state index contributed by atoms with van der Waals surface area (Å²) >= 11 is 18.0. The predicted molar refractivity (Wildman–Crippen MR) is 145 cm³/mol. The molecule has 36 heavy (non-hydrogen) atoms. The van der Waals surface area contributed by atoms with E-state index in [4.69, 9.17) is 34.8 Å². The molecule has 0 aliphatic heterocycles. The van der Waals surface area contributed by atoms with Crippen molar-refractivity contribution in [3.63, 3.8) is 0 Å². The second-order valence-electron chi connectivity index (χ2n) is 7.98. The lowest BCUT2D eigenvalue weighted by atomic mass is 10.1. The van der Waals surface area contributed by atoms with Crippen LogP contribution in [0.15, 0.2) is 59.5 Å². The molecule has 0 heterocycles. The van der Waals surface area contributed by atoms with E-state index in [1.54, 1.807) is 13.0 Å². The van der Waals surface area contributed by atoms with Crippen LogP contribution < -0.4 is 14.3 Å². The Bertz CT molecular complexity index is 1530. The Morgan fingerprint density at radius 2 is 1.47 bits per heavy atom. The average molecular weight is 591 g/mol. The Balaban J connectivity index is 1.77. The van der Waals surface area contributed by atoms with Crippen LogP contribution in [0.3, 0.4) is 0 Å². The molecule has 0 aliphatic rings. The molecule has 3 aromatic rings. The number of nitrogens with zero attached hydrogens (tertiary/aromatic N) is 1. The van der Waals surface area contributed by atoms with Gasteiger partial charge >= 0.3 is 0 Å². The lowest BCUT2D eigenvalue weighted by Crippen LogP contribution is -2.37. The maximum absolute atomic E-state index is 12.8. The molecular weight excluding hydrogens is 569 g/mol. The number of rotatable bonds is 8. The summed E-state index contributed by atoms with van der Waals surface area (Å²) in [6.45, 7) is 3.04. The van der Waals surface area contributed by atoms with Gasteiger partial charge in [0.05, 0.1) is 37.6 Å². The van der Waals surface area contributed by atoms with E-state index < -0.39 is 32.5 Å². The fourth-order valence-corrected chi connectivity index (χ4v) is 5.86. The van der Waals surface area contributed by atoms with Crippen molar-refractivity contribution in [2.75, 3.05) is 27.1 Å². The molecule has 0 atom stereocenters. The summed E-state index contributed by atoms with van der Waals surface area (Å²) in [7, 11) is -7.79. The Hall–Kier alpha value is -2.50. The van der Waals surface area contributed by atoms with Crippen LogP contribution in [0.25, 0.3) is 0 Å². The Kier molecular flexibility index (Phi) is 8.47. The van der Waals surface area contributed by atoms with Crippen molar-refractivity contribution in [1.29, 1.82) is 0 Å². The van der Waals surface area contributed by atoms with Crippen LogP contribution in [0, 0.1) is 13.8 Å². The molecule has 0 fully saturated rings. The van der Waals surface area contributed by atoms with Crippen molar-refractivity contribution in [3.05, 3.63) is 80.8 Å². The maximum atomic E-state index is 12.8. The zero-order valence-corrected chi connectivity index (χ0v) is 23.2. The molecule has 0 saturated heterocycles. The molecule has 0 radical (unpaired) electrons. The van der Waals surface area contributed by atoms with Gasteiger partial charge in [0.15, 0.2) is 0 Å². The van der Waals surface area contributed by atoms with E-state index in [9.17, 15) is 21.6 Å². The van der Waals surface area contributed by atoms with Gasteiger partial charge in [0.1, 0.15) is 6.54 Å². The monoisotopic (exact) mass is 589 g/mol. The molecule has 2 N–H and O–H groups in total. The Labute approximate surface area is 225 Å². The molecule has 8 nitrogen and oxygen atoms in total. The zero-order chi connectivity index (χ0) is 26.8. The molecular formula is C23H22Cl3N3O5S2. The van der Waals surface area contributed by atoms with Gasteiger partial charge in [0.25, 0.3) is 10.0 Å². The molecule has 0 unspecified atom stereocenters. The molecule has 0 spiro atoms. The fourth-order valence-electron chi connectivity index (χ4n) is 3.18. The minimum atomic E-state index is -3.92. The number of sulfonamides is 2. The van der Waals surface area contributed by atoms with E-state index in [1.807, 2.05) is 19.1 Å². The third-order valence-corrected chi connectivity index (χ3v) is 8.56. The third-order valence-electron chi connectivity index (χ3n) is 5.03. The van der Waals surface area contributed by atoms with Gasteiger partial charge in [-0.25, -0.2) is 16.8 Å². The van der Waals surface area contributed by atoms with Crippen LogP contribution in [-0.2, 0) is 24.8 Å². The van der Waals surface area contributed by atoms with Crippen molar-refractivity contribution in [1.82, 2.24) is 0 Å². The lowest BCUT2D eigenvalue weighted by Gasteiger charge is -2.23. The molecule has 13 heteroatoms. The number of carbonyl (C=O) groups excluding carboxylic acids is 1. The van der Waals surface area contributed by atoms with Crippen LogP contribution in [0.2, 0.25) is 15.1 Å². The van der Waals surface area contributed by atoms with E-state index in [0.29, 0.717) is 5.69 Å². The molecule has 3 aromatic carbocycles. The third kappa shape index (κ3) is 6.83. The summed E-state index contributed by atoms with van der Waals surface area (Å²) in [4.78, 5) is 12.6. The van der Waals surface area contributed by atoms with E-state index in [2.05, 4.69) is 10.0 Å². The topological polar surface area (TPSA) is 113 Å². The van der Waals surface area contributed by atoms with Gasteiger partial charge in [0.2, 0.25) is 15.9 Å². The SMILES string of the molecule is Cc1ccc(C)c(NS(=O)(=O)c2ccc(NC(=O)CN(c3cc(Cl)c(Cl)cc3Cl)S(C)(=O)=O)cc2)c1. The molecule has 0 aromatic heterocycles. The molecule has 0 aliphatic carbocycles. The fraction of sp³-hybridized carbons (Fsp3) is 0.174. The van der Waals surface area contributed by atoms with Crippen molar-refractivity contribution in [3.8, 4) is 0 Å². The number of hydrogen-bond acceptors (Lipinski definition) is 5. The maximum Gasteiger partial charge on any atom is 0.261 e. The smallest absolute Gasteiger partial charge is 0.261 e. The van der Waals surface area contributed by atoms with Gasteiger partial charge < -0.3 is 5.32 Å². The summed E-state index contributed by atoms with van der Waals surface area (Å²) in [5.74, 6) is -0.688. The number of amides is 1. The number of hydrogen-bond donors (Lipinski definition) is 2. The number of benzene rings is 3. The van der Waals surface area contributed by atoms with Crippen molar-refractivity contribution >= 4 is 77.8 Å². The first-order valence-corrected chi connectivity index (χ1v) is 14.8. The summed E-state index contributed by atoms with van der Waals surface area (Å²) in [6.07, 6.45) is 0.918. The van der Waals surface area contributed by atoms with Gasteiger partial charge in [-0.2, -0.15) is 0 Å². The lowest BCUT2D eigenvalue weighted by molar-refractivity contribution is -0.114. The number of nitrogens with one attached hydrogen (secondary N) is 2. The Morgan fingerprint density at radius 3 is 2.08 bits per heavy atom. The first kappa shape index (κ1) is 28.1. The minimum absolute atomic E-state index is 0.00599. The van der Waals surface area contributed by atoms with Crippen LogP contribution in [0.5, 0.6) is 0 Å². The average Bonchev–Trinajstić information content (AvgIpc) is 2.77. The number of anilines is 3. The number of halogens is 3. The standard InChI is InChI=1S/C23H22Cl3N3O5S2/c1-14-4-5-15(2)21(10-14)28-36(33,34)17-8-6-16(7-9-17)27-23(30)13-29(35(3,31)32)22-12-19(25)18(24)11-20(22)26/h4-12,28H,13H2,1-3H3,(H,27,30). The second-order valence-corrected chi connectivity index (χ2v) is 12.8. The first-order valence-electron chi connectivity index (χ1n) is 10.3. The summed E-state index contributed by atoms with van der Waals surface area (Å²) in [5, 5.41) is 2.73. The van der Waals surface area contributed by atoms with Gasteiger partial charge in [0, 0.05) is 5.69 Å². The van der Waals surface area contributed by atoms with E-state index in [0.717, 1.165) is 21.7 Å². The summed E-state index contributed by atoms with van der Waals surface area (Å²) < 4.78 is 53.6. The molecule has 1 amide bonds. The normalized spacial score (nSPS) is 11.7. The molecule has 0 bridgehead atoms. The number of aryl methyl sites for hydroxylation is 2. The van der Waals surface area contributed by atoms with Crippen molar-refractivity contribution < 1.29 is 21.6 Å². The zero-order valence-electron chi connectivity index (χ0n) is 19.3. The highest BCUT2D eigenvalue weighted by molar-refractivity contribution is 7.92. The van der Waals surface area contributed by atoms with Crippen LogP contribution in [0.1, 0.15) is 11.1 Å². The van der Waals surface area contributed by atoms with Gasteiger partial charge in [-0.1, -0.05) is 46.9 Å². The van der Waals surface area contributed by atoms with Crippen molar-refractivity contribution in [2.24, 2.45) is 0 Å².